The molecule has 1 unspecified atom stereocenters. The van der Waals surface area contributed by atoms with Crippen molar-refractivity contribution in [1.29, 1.82) is 0 Å². The Balaban J connectivity index is 2.34. The summed E-state index contributed by atoms with van der Waals surface area (Å²) in [6, 6.07) is 7.51. The third kappa shape index (κ3) is 1.48. The quantitative estimate of drug-likeness (QED) is 0.817. The molecule has 0 aliphatic carbocycles. The number of hydrogen-bond acceptors (Lipinski definition) is 2. The first kappa shape index (κ1) is 12.4. The molecule has 1 aromatic carbocycles. The second-order valence-electron chi connectivity index (χ2n) is 4.87. The highest BCUT2D eigenvalue weighted by Crippen LogP contribution is 2.45. The van der Waals surface area contributed by atoms with Gasteiger partial charge in [0, 0.05) is 17.5 Å². The van der Waals surface area contributed by atoms with Gasteiger partial charge in [0.1, 0.15) is 5.41 Å². The monoisotopic (exact) mass is 266 g/mol. The molecule has 0 fully saturated rings. The average Bonchev–Trinajstić information content (AvgIpc) is 2.66. The lowest BCUT2D eigenvalue weighted by molar-refractivity contribution is -0.118. The zero-order valence-electron chi connectivity index (χ0n) is 11.1. The van der Waals surface area contributed by atoms with Crippen molar-refractivity contribution in [3.63, 3.8) is 0 Å². The first-order valence-corrected chi connectivity index (χ1v) is 6.34. The Bertz CT molecular complexity index is 700. The van der Waals surface area contributed by atoms with Gasteiger partial charge in [0.15, 0.2) is 0 Å². The number of amides is 2. The van der Waals surface area contributed by atoms with Gasteiger partial charge in [-0.3, -0.25) is 9.59 Å². The summed E-state index contributed by atoms with van der Waals surface area (Å²) in [7, 11) is 0. The lowest BCUT2D eigenvalue weighted by atomic mass is 9.74. The summed E-state index contributed by atoms with van der Waals surface area (Å²) in [6.45, 7) is 5.56. The van der Waals surface area contributed by atoms with E-state index in [-0.39, 0.29) is 11.8 Å². The van der Waals surface area contributed by atoms with E-state index in [9.17, 15) is 9.59 Å². The number of carbonyl (C=O) groups excluding carboxylic acids is 2. The lowest BCUT2D eigenvalue weighted by Crippen LogP contribution is -2.34. The number of allylic oxidation sites excluding steroid dienone is 1. The fourth-order valence-electron chi connectivity index (χ4n) is 2.83. The van der Waals surface area contributed by atoms with Crippen LogP contribution in [0.5, 0.6) is 0 Å². The SMILES string of the molecule is C=CC1=C(C)C2(C=CC(=O)N1)C(=O)Nc1ccccc12. The predicted octanol–water partition coefficient (Wildman–Crippen LogP) is 2.02. The maximum absolute atomic E-state index is 12.6. The van der Waals surface area contributed by atoms with Crippen LogP contribution in [0.3, 0.4) is 0 Å². The molecule has 2 amide bonds. The van der Waals surface area contributed by atoms with Crippen molar-refractivity contribution in [3.8, 4) is 0 Å². The Morgan fingerprint density at radius 1 is 1.20 bits per heavy atom. The van der Waals surface area contributed by atoms with E-state index >= 15 is 0 Å². The summed E-state index contributed by atoms with van der Waals surface area (Å²) in [5.74, 6) is -0.406. The molecule has 100 valence electrons. The molecule has 2 aliphatic heterocycles. The molecule has 0 aromatic heterocycles. The molecular formula is C16H14N2O2. The highest BCUT2D eigenvalue weighted by molar-refractivity contribution is 6.11. The first-order valence-electron chi connectivity index (χ1n) is 6.34. The van der Waals surface area contributed by atoms with Crippen LogP contribution in [0.25, 0.3) is 0 Å². The van der Waals surface area contributed by atoms with E-state index in [0.717, 1.165) is 16.8 Å². The summed E-state index contributed by atoms with van der Waals surface area (Å²) in [5.41, 5.74) is 2.02. The fourth-order valence-corrected chi connectivity index (χ4v) is 2.83. The van der Waals surface area contributed by atoms with Gasteiger partial charge in [-0.1, -0.05) is 30.9 Å². The van der Waals surface area contributed by atoms with Crippen molar-refractivity contribution < 1.29 is 9.59 Å². The number of nitrogens with one attached hydrogen (secondary N) is 2. The molecule has 2 N–H and O–H groups in total. The zero-order chi connectivity index (χ0) is 14.3. The van der Waals surface area contributed by atoms with E-state index in [2.05, 4.69) is 17.2 Å². The van der Waals surface area contributed by atoms with E-state index in [1.165, 1.54) is 6.08 Å². The topological polar surface area (TPSA) is 58.2 Å². The van der Waals surface area contributed by atoms with E-state index < -0.39 is 5.41 Å². The minimum Gasteiger partial charge on any atom is -0.324 e. The fraction of sp³-hybridized carbons (Fsp3) is 0.125. The van der Waals surface area contributed by atoms with Crippen molar-refractivity contribution in [2.75, 3.05) is 5.32 Å². The standard InChI is InChI=1S/C16H14N2O2/c1-3-12-10(2)16(9-8-14(19)17-12)11-6-4-5-7-13(11)18-15(16)20/h3-9H,1H2,2H3,(H,17,19)(H,18,20). The number of anilines is 1. The van der Waals surface area contributed by atoms with Crippen LogP contribution < -0.4 is 10.6 Å². The van der Waals surface area contributed by atoms with Gasteiger partial charge in [0.2, 0.25) is 11.8 Å². The Morgan fingerprint density at radius 2 is 1.95 bits per heavy atom. The van der Waals surface area contributed by atoms with Gasteiger partial charge in [-0.05, 0) is 30.2 Å². The van der Waals surface area contributed by atoms with E-state index in [4.69, 9.17) is 0 Å². The zero-order valence-corrected chi connectivity index (χ0v) is 11.1. The maximum atomic E-state index is 12.6. The molecule has 0 saturated carbocycles. The minimum atomic E-state index is -0.945. The normalized spacial score (nSPS) is 24.2. The molecule has 1 spiro atoms. The van der Waals surface area contributed by atoms with Crippen LogP contribution in [-0.2, 0) is 15.0 Å². The van der Waals surface area contributed by atoms with E-state index in [1.807, 2.05) is 31.2 Å². The lowest BCUT2D eigenvalue weighted by Gasteiger charge is -2.25. The third-order valence-corrected chi connectivity index (χ3v) is 3.90. The second-order valence-corrected chi connectivity index (χ2v) is 4.87. The summed E-state index contributed by atoms with van der Waals surface area (Å²) in [6.07, 6.45) is 4.63. The summed E-state index contributed by atoms with van der Waals surface area (Å²) < 4.78 is 0. The number of benzene rings is 1. The molecule has 2 aliphatic rings. The second kappa shape index (κ2) is 4.20. The molecule has 3 rings (SSSR count). The third-order valence-electron chi connectivity index (χ3n) is 3.90. The Morgan fingerprint density at radius 3 is 2.70 bits per heavy atom. The number of para-hydroxylation sites is 1. The van der Waals surface area contributed by atoms with Crippen molar-refractivity contribution >= 4 is 17.5 Å². The summed E-state index contributed by atoms with van der Waals surface area (Å²) >= 11 is 0. The molecule has 0 saturated heterocycles. The van der Waals surface area contributed by atoms with Crippen LogP contribution in [0.2, 0.25) is 0 Å². The van der Waals surface area contributed by atoms with Crippen molar-refractivity contribution in [1.82, 2.24) is 5.32 Å². The number of carbonyl (C=O) groups is 2. The summed E-state index contributed by atoms with van der Waals surface area (Å²) in [5, 5.41) is 5.61. The Hall–Kier alpha value is -2.62. The van der Waals surface area contributed by atoms with Gasteiger partial charge in [-0.25, -0.2) is 0 Å². The average molecular weight is 266 g/mol. The van der Waals surface area contributed by atoms with Crippen LogP contribution in [0.1, 0.15) is 12.5 Å². The number of hydrogen-bond donors (Lipinski definition) is 2. The largest absolute Gasteiger partial charge is 0.324 e. The molecule has 0 bridgehead atoms. The van der Waals surface area contributed by atoms with Gasteiger partial charge in [0.25, 0.3) is 0 Å². The van der Waals surface area contributed by atoms with Crippen molar-refractivity contribution in [3.05, 3.63) is 65.9 Å². The van der Waals surface area contributed by atoms with E-state index in [1.54, 1.807) is 12.2 Å². The Labute approximate surface area is 116 Å². The summed E-state index contributed by atoms with van der Waals surface area (Å²) in [4.78, 5) is 24.3. The van der Waals surface area contributed by atoms with Gasteiger partial charge < -0.3 is 10.6 Å². The molecule has 2 heterocycles. The molecule has 1 atom stereocenters. The smallest absolute Gasteiger partial charge is 0.248 e. The van der Waals surface area contributed by atoms with Crippen LogP contribution in [0.4, 0.5) is 5.69 Å². The van der Waals surface area contributed by atoms with E-state index in [0.29, 0.717) is 5.70 Å². The predicted molar refractivity (Wildman–Crippen MR) is 76.9 cm³/mol. The van der Waals surface area contributed by atoms with Crippen LogP contribution >= 0.6 is 0 Å². The van der Waals surface area contributed by atoms with Gasteiger partial charge in [-0.15, -0.1) is 0 Å². The van der Waals surface area contributed by atoms with Crippen LogP contribution in [0, 0.1) is 0 Å². The highest BCUT2D eigenvalue weighted by atomic mass is 16.2. The van der Waals surface area contributed by atoms with Crippen LogP contribution in [-0.4, -0.2) is 11.8 Å². The molecule has 20 heavy (non-hydrogen) atoms. The molecule has 4 nitrogen and oxygen atoms in total. The molecule has 1 aromatic rings. The molecular weight excluding hydrogens is 252 g/mol. The maximum Gasteiger partial charge on any atom is 0.248 e. The Kier molecular flexibility index (Phi) is 2.61. The highest BCUT2D eigenvalue weighted by Gasteiger charge is 2.47. The molecule has 4 heteroatoms. The number of fused-ring (bicyclic) bond motifs is 2. The minimum absolute atomic E-state index is 0.150. The molecule has 0 radical (unpaired) electrons. The number of rotatable bonds is 1. The van der Waals surface area contributed by atoms with Gasteiger partial charge in [0.05, 0.1) is 0 Å². The van der Waals surface area contributed by atoms with Crippen molar-refractivity contribution in [2.45, 2.75) is 12.3 Å². The first-order chi connectivity index (χ1) is 9.59. The van der Waals surface area contributed by atoms with Crippen molar-refractivity contribution in [2.24, 2.45) is 0 Å². The van der Waals surface area contributed by atoms with Gasteiger partial charge >= 0.3 is 0 Å². The van der Waals surface area contributed by atoms with Crippen LogP contribution in [0.15, 0.2) is 60.3 Å². The van der Waals surface area contributed by atoms with Gasteiger partial charge in [-0.2, -0.15) is 0 Å².